The van der Waals surface area contributed by atoms with E-state index in [1.807, 2.05) is 19.1 Å². The molecule has 0 radical (unpaired) electrons. The topological polar surface area (TPSA) is 61.2 Å². The average molecular weight is 397 g/mol. The SMILES string of the molecule is CCOC(=O)c1cccc(Cn2c(C)nc3sc4c(c3c2=O)CCC(C)C4)c1. The molecule has 0 bridgehead atoms. The van der Waals surface area contributed by atoms with Crippen molar-refractivity contribution in [2.24, 2.45) is 5.92 Å². The second-order valence-electron chi connectivity index (χ2n) is 7.50. The van der Waals surface area contributed by atoms with E-state index in [1.54, 1.807) is 35.0 Å². The van der Waals surface area contributed by atoms with Gasteiger partial charge in [0.2, 0.25) is 0 Å². The largest absolute Gasteiger partial charge is 0.462 e. The first kappa shape index (κ1) is 18.9. The van der Waals surface area contributed by atoms with Crippen LogP contribution in [0.25, 0.3) is 10.2 Å². The number of ether oxygens (including phenoxy) is 1. The molecule has 2 heterocycles. The maximum atomic E-state index is 13.3. The fraction of sp³-hybridized carbons (Fsp3) is 0.409. The number of thiophene rings is 1. The van der Waals surface area contributed by atoms with Crippen molar-refractivity contribution in [3.05, 3.63) is 62.0 Å². The Morgan fingerprint density at radius 2 is 2.21 bits per heavy atom. The molecule has 1 atom stereocenters. The van der Waals surface area contributed by atoms with Crippen LogP contribution in [0.4, 0.5) is 0 Å². The minimum Gasteiger partial charge on any atom is -0.462 e. The Morgan fingerprint density at radius 1 is 1.39 bits per heavy atom. The quantitative estimate of drug-likeness (QED) is 0.623. The summed E-state index contributed by atoms with van der Waals surface area (Å²) in [6.07, 6.45) is 3.11. The van der Waals surface area contributed by atoms with E-state index in [0.29, 0.717) is 30.5 Å². The number of aryl methyl sites for hydroxylation is 2. The summed E-state index contributed by atoms with van der Waals surface area (Å²) in [6, 6.07) is 7.26. The number of hydrogen-bond donors (Lipinski definition) is 0. The Morgan fingerprint density at radius 3 is 3.00 bits per heavy atom. The van der Waals surface area contributed by atoms with Crippen molar-refractivity contribution >= 4 is 27.5 Å². The highest BCUT2D eigenvalue weighted by Gasteiger charge is 2.24. The number of benzene rings is 1. The lowest BCUT2D eigenvalue weighted by atomic mass is 9.89. The molecule has 1 aromatic carbocycles. The summed E-state index contributed by atoms with van der Waals surface area (Å²) in [5.41, 5.74) is 2.61. The number of esters is 1. The predicted octanol–water partition coefficient (Wildman–Crippen LogP) is 4.12. The van der Waals surface area contributed by atoms with Crippen molar-refractivity contribution < 1.29 is 9.53 Å². The molecule has 1 aliphatic rings. The molecule has 146 valence electrons. The Hall–Kier alpha value is -2.47. The molecular formula is C22H24N2O3S. The molecule has 1 aliphatic carbocycles. The first-order chi connectivity index (χ1) is 13.5. The van der Waals surface area contributed by atoms with Crippen LogP contribution >= 0.6 is 11.3 Å². The molecule has 0 fully saturated rings. The Labute approximate surface area is 168 Å². The van der Waals surface area contributed by atoms with E-state index >= 15 is 0 Å². The van der Waals surface area contributed by atoms with Crippen molar-refractivity contribution in [1.82, 2.24) is 9.55 Å². The molecule has 5 nitrogen and oxygen atoms in total. The number of fused-ring (bicyclic) bond motifs is 3. The first-order valence-electron chi connectivity index (χ1n) is 9.75. The summed E-state index contributed by atoms with van der Waals surface area (Å²) in [7, 11) is 0. The maximum Gasteiger partial charge on any atom is 0.338 e. The van der Waals surface area contributed by atoms with Gasteiger partial charge in [-0.3, -0.25) is 9.36 Å². The van der Waals surface area contributed by atoms with Crippen LogP contribution in [-0.4, -0.2) is 22.1 Å². The van der Waals surface area contributed by atoms with Crippen LogP contribution in [0, 0.1) is 12.8 Å². The summed E-state index contributed by atoms with van der Waals surface area (Å²) in [4.78, 5) is 32.3. The summed E-state index contributed by atoms with van der Waals surface area (Å²) >= 11 is 1.67. The molecule has 3 aromatic rings. The normalized spacial score (nSPS) is 16.2. The van der Waals surface area contributed by atoms with Crippen molar-refractivity contribution in [3.63, 3.8) is 0 Å². The van der Waals surface area contributed by atoms with Crippen LogP contribution < -0.4 is 5.56 Å². The zero-order valence-corrected chi connectivity index (χ0v) is 17.3. The molecule has 0 saturated heterocycles. The molecular weight excluding hydrogens is 372 g/mol. The predicted molar refractivity (Wildman–Crippen MR) is 111 cm³/mol. The third-order valence-corrected chi connectivity index (χ3v) is 6.53. The van der Waals surface area contributed by atoms with Crippen LogP contribution in [0.3, 0.4) is 0 Å². The number of carbonyl (C=O) groups is 1. The molecule has 2 aromatic heterocycles. The highest BCUT2D eigenvalue weighted by atomic mass is 32.1. The van der Waals surface area contributed by atoms with Crippen LogP contribution in [0.1, 0.15) is 52.5 Å². The summed E-state index contributed by atoms with van der Waals surface area (Å²) in [5.74, 6) is 1.02. The second kappa shape index (κ2) is 7.51. The van der Waals surface area contributed by atoms with E-state index in [1.165, 1.54) is 10.4 Å². The van der Waals surface area contributed by atoms with Gasteiger partial charge in [0.05, 0.1) is 24.1 Å². The minimum absolute atomic E-state index is 0.0242. The lowest BCUT2D eigenvalue weighted by molar-refractivity contribution is 0.0526. The third kappa shape index (κ3) is 3.37. The Balaban J connectivity index is 1.75. The lowest BCUT2D eigenvalue weighted by Crippen LogP contribution is -2.25. The van der Waals surface area contributed by atoms with Crippen molar-refractivity contribution in [3.8, 4) is 0 Å². The average Bonchev–Trinajstić information content (AvgIpc) is 3.02. The van der Waals surface area contributed by atoms with E-state index in [-0.39, 0.29) is 11.5 Å². The molecule has 0 saturated carbocycles. The fourth-order valence-corrected chi connectivity index (χ4v) is 5.32. The van der Waals surface area contributed by atoms with Crippen LogP contribution in [0.2, 0.25) is 0 Å². The van der Waals surface area contributed by atoms with Crippen LogP contribution in [0.15, 0.2) is 29.1 Å². The van der Waals surface area contributed by atoms with E-state index in [9.17, 15) is 9.59 Å². The van der Waals surface area contributed by atoms with Gasteiger partial charge in [0.1, 0.15) is 10.7 Å². The third-order valence-electron chi connectivity index (χ3n) is 5.38. The summed E-state index contributed by atoms with van der Waals surface area (Å²) < 4.78 is 6.80. The molecule has 0 spiro atoms. The van der Waals surface area contributed by atoms with Crippen molar-refractivity contribution in [2.45, 2.75) is 46.6 Å². The van der Waals surface area contributed by atoms with Gasteiger partial charge in [-0.25, -0.2) is 9.78 Å². The standard InChI is InChI=1S/C22H24N2O3S/c1-4-27-22(26)16-7-5-6-15(11-16)12-24-14(3)23-20-19(21(24)25)17-9-8-13(2)10-18(17)28-20/h5-7,11,13H,4,8-10,12H2,1-3H3. The summed E-state index contributed by atoms with van der Waals surface area (Å²) in [5, 5.41) is 0.791. The van der Waals surface area contributed by atoms with Gasteiger partial charge in [0.25, 0.3) is 5.56 Å². The van der Waals surface area contributed by atoms with Gasteiger partial charge < -0.3 is 4.74 Å². The molecule has 28 heavy (non-hydrogen) atoms. The zero-order chi connectivity index (χ0) is 19.8. The Kier molecular flexibility index (Phi) is 5.06. The van der Waals surface area contributed by atoms with Gasteiger partial charge in [-0.15, -0.1) is 11.3 Å². The molecule has 1 unspecified atom stereocenters. The molecule has 0 N–H and O–H groups in total. The van der Waals surface area contributed by atoms with E-state index in [0.717, 1.165) is 35.0 Å². The Bertz CT molecular complexity index is 1110. The van der Waals surface area contributed by atoms with E-state index in [4.69, 9.17) is 9.72 Å². The fourth-order valence-electron chi connectivity index (χ4n) is 3.90. The van der Waals surface area contributed by atoms with E-state index < -0.39 is 0 Å². The number of nitrogens with zero attached hydrogens (tertiary/aromatic N) is 2. The maximum absolute atomic E-state index is 13.3. The molecule has 0 aliphatic heterocycles. The minimum atomic E-state index is -0.344. The smallest absolute Gasteiger partial charge is 0.338 e. The van der Waals surface area contributed by atoms with Crippen molar-refractivity contribution in [2.75, 3.05) is 6.61 Å². The number of carbonyl (C=O) groups excluding carboxylic acids is 1. The van der Waals surface area contributed by atoms with Gasteiger partial charge in [0, 0.05) is 4.88 Å². The monoisotopic (exact) mass is 396 g/mol. The van der Waals surface area contributed by atoms with Crippen molar-refractivity contribution in [1.29, 1.82) is 0 Å². The highest BCUT2D eigenvalue weighted by molar-refractivity contribution is 7.18. The van der Waals surface area contributed by atoms with Gasteiger partial charge in [0.15, 0.2) is 0 Å². The van der Waals surface area contributed by atoms with Gasteiger partial charge in [-0.2, -0.15) is 0 Å². The number of rotatable bonds is 4. The highest BCUT2D eigenvalue weighted by Crippen LogP contribution is 2.35. The van der Waals surface area contributed by atoms with Gasteiger partial charge in [-0.05, 0) is 62.3 Å². The molecule has 6 heteroatoms. The summed E-state index contributed by atoms with van der Waals surface area (Å²) in [6.45, 7) is 6.65. The lowest BCUT2D eigenvalue weighted by Gasteiger charge is -2.17. The van der Waals surface area contributed by atoms with Crippen LogP contribution in [-0.2, 0) is 24.1 Å². The van der Waals surface area contributed by atoms with E-state index in [2.05, 4.69) is 6.92 Å². The first-order valence-corrected chi connectivity index (χ1v) is 10.6. The molecule has 0 amide bonds. The molecule has 4 rings (SSSR count). The zero-order valence-electron chi connectivity index (χ0n) is 16.4. The van der Waals surface area contributed by atoms with Crippen LogP contribution in [0.5, 0.6) is 0 Å². The number of hydrogen-bond acceptors (Lipinski definition) is 5. The van der Waals surface area contributed by atoms with Gasteiger partial charge in [-0.1, -0.05) is 19.1 Å². The van der Waals surface area contributed by atoms with Gasteiger partial charge >= 0.3 is 5.97 Å². The number of aromatic nitrogens is 2. The second-order valence-corrected chi connectivity index (χ2v) is 8.59.